The molecule has 0 spiro atoms. The zero-order valence-corrected chi connectivity index (χ0v) is 25.0. The zero-order chi connectivity index (χ0) is 28.6. The van der Waals surface area contributed by atoms with Gasteiger partial charge in [-0.05, 0) is 17.2 Å². The summed E-state index contributed by atoms with van der Waals surface area (Å²) < 4.78 is 16.5. The number of rotatable bonds is 19. The Morgan fingerprint density at radius 2 is 1.48 bits per heavy atom. The van der Waals surface area contributed by atoms with E-state index in [4.69, 9.17) is 14.2 Å². The van der Waals surface area contributed by atoms with Crippen LogP contribution in [0.4, 0.5) is 5.69 Å². The first-order chi connectivity index (χ1) is 19.6. The minimum absolute atomic E-state index is 0.371. The van der Waals surface area contributed by atoms with Gasteiger partial charge in [0.05, 0.1) is 21.3 Å². The standard InChI is InChI=1S/C30H43N5O4S/c1-5-6-7-8-9-10-11-12-13-17-20-40-30-32-34-35(33-30)29(36)27(23-18-15-14-16-19-23)31-28-25(38-3)21-24(37-2)22-26(28)39-4/h14-16,18-19,21-22,27,31H,5-13,17,20H2,1-4H3. The van der Waals surface area contributed by atoms with Crippen LogP contribution in [0.15, 0.2) is 47.6 Å². The lowest BCUT2D eigenvalue weighted by Crippen LogP contribution is -2.28. The van der Waals surface area contributed by atoms with E-state index in [1.165, 1.54) is 69.5 Å². The number of carbonyl (C=O) groups excluding carboxylic acids is 1. The van der Waals surface area contributed by atoms with E-state index < -0.39 is 6.04 Å². The number of hydrogen-bond acceptors (Lipinski definition) is 9. The molecule has 40 heavy (non-hydrogen) atoms. The number of anilines is 1. The number of benzene rings is 2. The second-order valence-electron chi connectivity index (χ2n) is 9.63. The number of aromatic nitrogens is 4. The van der Waals surface area contributed by atoms with Gasteiger partial charge in [0.2, 0.25) is 5.16 Å². The summed E-state index contributed by atoms with van der Waals surface area (Å²) in [4.78, 5) is 14.7. The number of unbranched alkanes of at least 4 members (excludes halogenated alkanes) is 9. The summed E-state index contributed by atoms with van der Waals surface area (Å²) in [5.74, 6) is 2.05. The van der Waals surface area contributed by atoms with Crippen molar-refractivity contribution in [2.24, 2.45) is 0 Å². The van der Waals surface area contributed by atoms with Crippen LogP contribution >= 0.6 is 11.8 Å². The Bertz CT molecular complexity index is 1130. The Morgan fingerprint density at radius 1 is 0.875 bits per heavy atom. The van der Waals surface area contributed by atoms with Crippen molar-refractivity contribution in [1.82, 2.24) is 20.2 Å². The summed E-state index contributed by atoms with van der Waals surface area (Å²) in [7, 11) is 4.67. The average molecular weight is 570 g/mol. The summed E-state index contributed by atoms with van der Waals surface area (Å²) in [6, 6.07) is 12.0. The topological polar surface area (TPSA) is 100 Å². The molecule has 218 valence electrons. The van der Waals surface area contributed by atoms with Gasteiger partial charge in [0.25, 0.3) is 5.91 Å². The molecule has 0 fully saturated rings. The molecular weight excluding hydrogens is 526 g/mol. The number of tetrazole rings is 1. The van der Waals surface area contributed by atoms with E-state index in [-0.39, 0.29) is 5.91 Å². The molecule has 2 aromatic carbocycles. The number of carbonyl (C=O) groups is 1. The molecule has 3 rings (SSSR count). The fraction of sp³-hybridized carbons (Fsp3) is 0.533. The van der Waals surface area contributed by atoms with E-state index in [1.54, 1.807) is 33.5 Å². The summed E-state index contributed by atoms with van der Waals surface area (Å²) in [6.07, 6.45) is 12.9. The number of nitrogens with one attached hydrogen (secondary N) is 1. The number of hydrogen-bond donors (Lipinski definition) is 1. The molecule has 0 radical (unpaired) electrons. The lowest BCUT2D eigenvalue weighted by atomic mass is 10.1. The molecule has 0 saturated carbocycles. The van der Waals surface area contributed by atoms with Crippen molar-refractivity contribution >= 4 is 23.4 Å². The molecule has 3 aromatic rings. The van der Waals surface area contributed by atoms with Gasteiger partial charge in [-0.15, -0.1) is 10.2 Å². The summed E-state index contributed by atoms with van der Waals surface area (Å²) in [5.41, 5.74) is 1.26. The van der Waals surface area contributed by atoms with Crippen LogP contribution < -0.4 is 19.5 Å². The highest BCUT2D eigenvalue weighted by Gasteiger charge is 2.27. The Hall–Kier alpha value is -3.27. The first-order valence-electron chi connectivity index (χ1n) is 14.2. The second-order valence-corrected chi connectivity index (χ2v) is 10.7. The summed E-state index contributed by atoms with van der Waals surface area (Å²) in [6.45, 7) is 2.25. The van der Waals surface area contributed by atoms with Crippen molar-refractivity contribution in [2.75, 3.05) is 32.4 Å². The smallest absolute Gasteiger partial charge is 0.293 e. The van der Waals surface area contributed by atoms with Gasteiger partial charge in [0, 0.05) is 17.9 Å². The minimum Gasteiger partial charge on any atom is -0.496 e. The Labute approximate surface area is 242 Å². The molecule has 1 atom stereocenters. The molecule has 0 aliphatic rings. The molecule has 1 N–H and O–H groups in total. The van der Waals surface area contributed by atoms with Gasteiger partial charge in [-0.3, -0.25) is 4.79 Å². The third kappa shape index (κ3) is 9.43. The quantitative estimate of drug-likeness (QED) is 0.119. The monoisotopic (exact) mass is 569 g/mol. The van der Waals surface area contributed by atoms with Crippen LogP contribution in [0.3, 0.4) is 0 Å². The maximum atomic E-state index is 13.7. The predicted octanol–water partition coefficient (Wildman–Crippen LogP) is 7.21. The maximum absolute atomic E-state index is 13.7. The van der Waals surface area contributed by atoms with Gasteiger partial charge in [-0.2, -0.15) is 0 Å². The van der Waals surface area contributed by atoms with Crippen molar-refractivity contribution in [3.8, 4) is 17.2 Å². The van der Waals surface area contributed by atoms with Crippen LogP contribution in [0.1, 0.15) is 87.5 Å². The molecule has 10 heteroatoms. The van der Waals surface area contributed by atoms with Crippen LogP contribution in [-0.2, 0) is 0 Å². The number of ether oxygens (including phenoxy) is 3. The van der Waals surface area contributed by atoms with Crippen LogP contribution in [0.25, 0.3) is 0 Å². The van der Waals surface area contributed by atoms with Crippen molar-refractivity contribution < 1.29 is 19.0 Å². The Kier molecular flexibility index (Phi) is 13.6. The highest BCUT2D eigenvalue weighted by atomic mass is 32.2. The lowest BCUT2D eigenvalue weighted by molar-refractivity contribution is 0.0849. The van der Waals surface area contributed by atoms with Gasteiger partial charge < -0.3 is 19.5 Å². The van der Waals surface area contributed by atoms with Gasteiger partial charge in [0.15, 0.2) is 0 Å². The third-order valence-corrected chi connectivity index (χ3v) is 7.62. The fourth-order valence-corrected chi connectivity index (χ4v) is 5.21. The highest BCUT2D eigenvalue weighted by molar-refractivity contribution is 7.99. The number of thioether (sulfide) groups is 1. The molecule has 0 bridgehead atoms. The predicted molar refractivity (Wildman–Crippen MR) is 160 cm³/mol. The minimum atomic E-state index is -0.814. The first-order valence-corrected chi connectivity index (χ1v) is 15.2. The zero-order valence-electron chi connectivity index (χ0n) is 24.2. The largest absolute Gasteiger partial charge is 0.496 e. The Morgan fingerprint density at radius 3 is 2.05 bits per heavy atom. The molecule has 0 aliphatic carbocycles. The third-order valence-electron chi connectivity index (χ3n) is 6.70. The van der Waals surface area contributed by atoms with Crippen LogP contribution in [0, 0.1) is 0 Å². The lowest BCUT2D eigenvalue weighted by Gasteiger charge is -2.22. The molecule has 0 saturated heterocycles. The van der Waals surface area contributed by atoms with Crippen LogP contribution in [0.5, 0.6) is 17.2 Å². The first kappa shape index (κ1) is 31.3. The van der Waals surface area contributed by atoms with Crippen molar-refractivity contribution in [3.05, 3.63) is 48.0 Å². The van der Waals surface area contributed by atoms with Crippen molar-refractivity contribution in [3.63, 3.8) is 0 Å². The number of methoxy groups -OCH3 is 3. The van der Waals surface area contributed by atoms with Crippen molar-refractivity contribution in [2.45, 2.75) is 82.3 Å². The summed E-state index contributed by atoms with van der Waals surface area (Å²) in [5, 5.41) is 16.4. The van der Waals surface area contributed by atoms with Gasteiger partial charge in [-0.25, -0.2) is 0 Å². The van der Waals surface area contributed by atoms with Crippen LogP contribution in [-0.4, -0.2) is 53.2 Å². The van der Waals surface area contributed by atoms with Crippen molar-refractivity contribution in [1.29, 1.82) is 0 Å². The molecule has 9 nitrogen and oxygen atoms in total. The van der Waals surface area contributed by atoms with Gasteiger partial charge >= 0.3 is 0 Å². The molecular formula is C30H43N5O4S. The number of nitrogens with zero attached hydrogens (tertiary/aromatic N) is 4. The molecule has 1 unspecified atom stereocenters. The van der Waals surface area contributed by atoms with E-state index >= 15 is 0 Å². The Balaban J connectivity index is 1.60. The van der Waals surface area contributed by atoms with E-state index in [2.05, 4.69) is 27.7 Å². The maximum Gasteiger partial charge on any atom is 0.293 e. The van der Waals surface area contributed by atoms with E-state index in [0.717, 1.165) is 22.5 Å². The average Bonchev–Trinajstić information content (AvgIpc) is 3.47. The fourth-order valence-electron chi connectivity index (χ4n) is 4.45. The normalized spacial score (nSPS) is 11.7. The molecule has 0 aliphatic heterocycles. The van der Waals surface area contributed by atoms with Gasteiger partial charge in [0.1, 0.15) is 29.0 Å². The van der Waals surface area contributed by atoms with E-state index in [0.29, 0.717) is 28.1 Å². The highest BCUT2D eigenvalue weighted by Crippen LogP contribution is 2.41. The van der Waals surface area contributed by atoms with Crippen LogP contribution in [0.2, 0.25) is 0 Å². The second kappa shape index (κ2) is 17.4. The SMILES string of the molecule is CCCCCCCCCCCCSc1nnn(C(=O)C(Nc2c(OC)cc(OC)cc2OC)c2ccccc2)n1. The molecule has 1 aromatic heterocycles. The molecule has 0 amide bonds. The molecule has 1 heterocycles. The summed E-state index contributed by atoms with van der Waals surface area (Å²) >= 11 is 1.53. The van der Waals surface area contributed by atoms with E-state index in [1.807, 2.05) is 30.3 Å². The van der Waals surface area contributed by atoms with E-state index in [9.17, 15) is 4.79 Å². The van der Waals surface area contributed by atoms with Gasteiger partial charge in [-0.1, -0.05) is 112 Å².